The lowest BCUT2D eigenvalue weighted by Gasteiger charge is -2.38. The zero-order valence-electron chi connectivity index (χ0n) is 12.4. The van der Waals surface area contributed by atoms with Gasteiger partial charge >= 0.3 is 0 Å². The van der Waals surface area contributed by atoms with Crippen LogP contribution in [0.2, 0.25) is 0 Å². The zero-order chi connectivity index (χ0) is 14.0. The molecule has 20 heavy (non-hydrogen) atoms. The molecule has 4 heteroatoms. The van der Waals surface area contributed by atoms with Crippen LogP contribution in [-0.2, 0) is 4.79 Å². The molecule has 1 unspecified atom stereocenters. The molecule has 3 rings (SSSR count). The van der Waals surface area contributed by atoms with Gasteiger partial charge in [0.15, 0.2) is 0 Å². The largest absolute Gasteiger partial charge is 0.388 e. The molecule has 1 heterocycles. The lowest BCUT2D eigenvalue weighted by molar-refractivity contribution is -0.140. The molecule has 2 aliphatic carbocycles. The van der Waals surface area contributed by atoms with E-state index in [0.717, 1.165) is 45.1 Å². The monoisotopic (exact) mass is 280 g/mol. The van der Waals surface area contributed by atoms with Gasteiger partial charge in [0.2, 0.25) is 5.91 Å². The van der Waals surface area contributed by atoms with E-state index in [1.54, 1.807) is 0 Å². The molecular formula is C16H28N2O2. The minimum Gasteiger partial charge on any atom is -0.388 e. The highest BCUT2D eigenvalue weighted by molar-refractivity contribution is 5.82. The van der Waals surface area contributed by atoms with E-state index in [0.29, 0.717) is 12.6 Å². The minimum absolute atomic E-state index is 0.00521. The second-order valence-corrected chi connectivity index (χ2v) is 7.03. The van der Waals surface area contributed by atoms with Gasteiger partial charge in [0.1, 0.15) is 0 Å². The second kappa shape index (κ2) is 6.02. The van der Waals surface area contributed by atoms with Crippen LogP contribution in [-0.4, -0.2) is 46.7 Å². The fraction of sp³-hybridized carbons (Fsp3) is 0.938. The van der Waals surface area contributed by atoms with Gasteiger partial charge in [-0.3, -0.25) is 4.79 Å². The lowest BCUT2D eigenvalue weighted by Crippen LogP contribution is -2.55. The lowest BCUT2D eigenvalue weighted by atomic mass is 9.92. The summed E-state index contributed by atoms with van der Waals surface area (Å²) in [5.74, 6) is 0.223. The predicted octanol–water partition coefficient (Wildman–Crippen LogP) is 1.81. The first-order valence-corrected chi connectivity index (χ1v) is 8.44. The Labute approximate surface area is 121 Å². The third-order valence-corrected chi connectivity index (χ3v) is 5.06. The van der Waals surface area contributed by atoms with E-state index in [4.69, 9.17) is 0 Å². The van der Waals surface area contributed by atoms with E-state index in [9.17, 15) is 9.90 Å². The van der Waals surface area contributed by atoms with Crippen molar-refractivity contribution in [2.75, 3.05) is 13.1 Å². The first-order valence-electron chi connectivity index (χ1n) is 8.44. The summed E-state index contributed by atoms with van der Waals surface area (Å²) in [5.41, 5.74) is -0.631. The van der Waals surface area contributed by atoms with Crippen LogP contribution < -0.4 is 5.32 Å². The molecule has 1 aliphatic heterocycles. The van der Waals surface area contributed by atoms with Gasteiger partial charge in [0.05, 0.1) is 11.6 Å². The maximum Gasteiger partial charge on any atom is 0.239 e. The van der Waals surface area contributed by atoms with Crippen molar-refractivity contribution in [2.45, 2.75) is 81.9 Å². The molecule has 2 N–H and O–H groups in total. The summed E-state index contributed by atoms with van der Waals surface area (Å²) in [4.78, 5) is 14.5. The maximum absolute atomic E-state index is 12.5. The van der Waals surface area contributed by atoms with Crippen LogP contribution in [0.3, 0.4) is 0 Å². The highest BCUT2D eigenvalue weighted by Gasteiger charge is 2.37. The van der Waals surface area contributed by atoms with E-state index in [2.05, 4.69) is 5.32 Å². The van der Waals surface area contributed by atoms with Crippen molar-refractivity contribution in [1.82, 2.24) is 10.2 Å². The number of piperidine rings is 1. The molecule has 0 radical (unpaired) electrons. The molecule has 2 saturated carbocycles. The molecule has 3 fully saturated rings. The van der Waals surface area contributed by atoms with E-state index in [1.165, 1.54) is 25.7 Å². The fourth-order valence-corrected chi connectivity index (χ4v) is 3.69. The van der Waals surface area contributed by atoms with Crippen LogP contribution in [0.25, 0.3) is 0 Å². The van der Waals surface area contributed by atoms with Gasteiger partial charge in [-0.1, -0.05) is 25.7 Å². The smallest absolute Gasteiger partial charge is 0.239 e. The number of hydrogen-bond donors (Lipinski definition) is 2. The van der Waals surface area contributed by atoms with Gasteiger partial charge in [-0.25, -0.2) is 0 Å². The molecular weight excluding hydrogens is 252 g/mol. The molecule has 0 spiro atoms. The number of aliphatic hydroxyl groups is 1. The Bertz CT molecular complexity index is 346. The van der Waals surface area contributed by atoms with Gasteiger partial charge in [0.25, 0.3) is 0 Å². The van der Waals surface area contributed by atoms with Crippen molar-refractivity contribution in [3.05, 3.63) is 0 Å². The van der Waals surface area contributed by atoms with Crippen molar-refractivity contribution in [2.24, 2.45) is 0 Å². The Morgan fingerprint density at radius 1 is 1.10 bits per heavy atom. The highest BCUT2D eigenvalue weighted by Crippen LogP contribution is 2.29. The molecule has 1 saturated heterocycles. The Kier molecular flexibility index (Phi) is 4.32. The summed E-state index contributed by atoms with van der Waals surface area (Å²) in [7, 11) is 0. The predicted molar refractivity (Wildman–Crippen MR) is 78.4 cm³/mol. The number of hydrogen-bond acceptors (Lipinski definition) is 3. The van der Waals surface area contributed by atoms with Gasteiger partial charge in [-0.15, -0.1) is 0 Å². The van der Waals surface area contributed by atoms with Crippen molar-refractivity contribution in [3.8, 4) is 0 Å². The first-order chi connectivity index (χ1) is 9.66. The molecule has 0 aromatic heterocycles. The number of β-amino-alcohol motifs (C(OH)–C–C–N with tert-alkyl or cyclic N) is 1. The van der Waals surface area contributed by atoms with E-state index in [-0.39, 0.29) is 11.9 Å². The SMILES string of the molecule is O=C1C(NC2CC2)CCCN1CC1(O)CCCCCC1. The molecule has 114 valence electrons. The number of rotatable bonds is 4. The molecule has 4 nitrogen and oxygen atoms in total. The van der Waals surface area contributed by atoms with E-state index < -0.39 is 5.60 Å². The van der Waals surface area contributed by atoms with Crippen molar-refractivity contribution in [1.29, 1.82) is 0 Å². The average molecular weight is 280 g/mol. The van der Waals surface area contributed by atoms with Crippen molar-refractivity contribution >= 4 is 5.91 Å². The average Bonchev–Trinajstić information content (AvgIpc) is 3.23. The van der Waals surface area contributed by atoms with Gasteiger partial charge in [-0.2, -0.15) is 0 Å². The maximum atomic E-state index is 12.5. The highest BCUT2D eigenvalue weighted by atomic mass is 16.3. The third kappa shape index (κ3) is 3.53. The van der Waals surface area contributed by atoms with E-state index >= 15 is 0 Å². The summed E-state index contributed by atoms with van der Waals surface area (Å²) in [6, 6.07) is 0.579. The number of carbonyl (C=O) groups excluding carboxylic acids is 1. The molecule has 0 bridgehead atoms. The standard InChI is InChI=1S/C16H28N2O2/c19-15-14(17-13-7-8-13)6-5-11-18(15)12-16(20)9-3-1-2-4-10-16/h13-14,17,20H,1-12H2. The summed E-state index contributed by atoms with van der Waals surface area (Å²) < 4.78 is 0. The molecule has 1 amide bonds. The van der Waals surface area contributed by atoms with Crippen LogP contribution in [0.1, 0.15) is 64.2 Å². The second-order valence-electron chi connectivity index (χ2n) is 7.03. The Morgan fingerprint density at radius 2 is 1.80 bits per heavy atom. The van der Waals surface area contributed by atoms with Crippen molar-refractivity contribution < 1.29 is 9.90 Å². The van der Waals surface area contributed by atoms with Crippen LogP contribution in [0, 0.1) is 0 Å². The van der Waals surface area contributed by atoms with Crippen molar-refractivity contribution in [3.63, 3.8) is 0 Å². The number of likely N-dealkylation sites (tertiary alicyclic amines) is 1. The van der Waals surface area contributed by atoms with Crippen LogP contribution in [0.4, 0.5) is 0 Å². The summed E-state index contributed by atoms with van der Waals surface area (Å²) in [6.07, 6.45) is 10.8. The number of carbonyl (C=O) groups is 1. The summed E-state index contributed by atoms with van der Waals surface area (Å²) in [5, 5.41) is 14.2. The minimum atomic E-state index is -0.631. The number of nitrogens with one attached hydrogen (secondary N) is 1. The fourth-order valence-electron chi connectivity index (χ4n) is 3.69. The number of amides is 1. The normalized spacial score (nSPS) is 31.1. The Balaban J connectivity index is 1.58. The van der Waals surface area contributed by atoms with E-state index in [1.807, 2.05) is 4.90 Å². The first kappa shape index (κ1) is 14.3. The Morgan fingerprint density at radius 3 is 2.45 bits per heavy atom. The summed E-state index contributed by atoms with van der Waals surface area (Å²) in [6.45, 7) is 1.37. The van der Waals surface area contributed by atoms with Crippen LogP contribution >= 0.6 is 0 Å². The molecule has 1 atom stereocenters. The quantitative estimate of drug-likeness (QED) is 0.772. The van der Waals surface area contributed by atoms with Gasteiger partial charge in [-0.05, 0) is 38.5 Å². The number of nitrogens with zero attached hydrogens (tertiary/aromatic N) is 1. The van der Waals surface area contributed by atoms with Crippen LogP contribution in [0.5, 0.6) is 0 Å². The summed E-state index contributed by atoms with van der Waals surface area (Å²) >= 11 is 0. The zero-order valence-corrected chi connectivity index (χ0v) is 12.4. The molecule has 0 aromatic rings. The Hall–Kier alpha value is -0.610. The van der Waals surface area contributed by atoms with Crippen LogP contribution in [0.15, 0.2) is 0 Å². The topological polar surface area (TPSA) is 52.6 Å². The molecule has 0 aromatic carbocycles. The van der Waals surface area contributed by atoms with Gasteiger partial charge in [0, 0.05) is 19.1 Å². The molecule has 3 aliphatic rings. The van der Waals surface area contributed by atoms with Gasteiger partial charge < -0.3 is 15.3 Å². The third-order valence-electron chi connectivity index (χ3n) is 5.06.